The molecule has 0 aliphatic carbocycles. The summed E-state index contributed by atoms with van der Waals surface area (Å²) < 4.78 is 1.23. The molecular formula is C24H25N5OS. The summed E-state index contributed by atoms with van der Waals surface area (Å²) in [5.74, 6) is 0. The van der Waals surface area contributed by atoms with Gasteiger partial charge in [-0.05, 0) is 55.2 Å². The third-order valence-corrected chi connectivity index (χ3v) is 7.56. The van der Waals surface area contributed by atoms with Crippen LogP contribution in [-0.2, 0) is 6.54 Å². The van der Waals surface area contributed by atoms with Gasteiger partial charge in [-0.15, -0.1) is 11.3 Å². The Hall–Kier alpha value is -2.95. The molecule has 0 bridgehead atoms. The number of fused-ring (bicyclic) bond motifs is 1. The van der Waals surface area contributed by atoms with Crippen molar-refractivity contribution >= 4 is 27.6 Å². The molecule has 7 heteroatoms. The van der Waals surface area contributed by atoms with Gasteiger partial charge in [0, 0.05) is 32.2 Å². The van der Waals surface area contributed by atoms with Gasteiger partial charge in [0.2, 0.25) is 0 Å². The lowest BCUT2D eigenvalue weighted by Gasteiger charge is -2.41. The predicted octanol–water partition coefficient (Wildman–Crippen LogP) is 4.29. The van der Waals surface area contributed by atoms with Gasteiger partial charge in [-0.1, -0.05) is 18.2 Å². The molecule has 0 radical (unpaired) electrons. The number of benzene rings is 2. The molecule has 1 atom stereocenters. The minimum absolute atomic E-state index is 0.0137. The van der Waals surface area contributed by atoms with Crippen molar-refractivity contribution < 1.29 is 4.79 Å². The van der Waals surface area contributed by atoms with Crippen LogP contribution in [-0.4, -0.2) is 46.0 Å². The lowest BCUT2D eigenvalue weighted by molar-refractivity contribution is 0.115. The summed E-state index contributed by atoms with van der Waals surface area (Å²) in [4.78, 5) is 21.5. The summed E-state index contributed by atoms with van der Waals surface area (Å²) in [5, 5.41) is 12.2. The monoisotopic (exact) mass is 431 g/mol. The van der Waals surface area contributed by atoms with E-state index in [0.29, 0.717) is 18.2 Å². The first-order chi connectivity index (χ1) is 15.0. The maximum absolute atomic E-state index is 12.7. The zero-order valence-electron chi connectivity index (χ0n) is 17.5. The number of rotatable bonds is 4. The molecule has 5 rings (SSSR count). The van der Waals surface area contributed by atoms with Crippen LogP contribution in [0.15, 0.2) is 48.0 Å². The van der Waals surface area contributed by atoms with Crippen LogP contribution in [0.3, 0.4) is 0 Å². The second-order valence-corrected chi connectivity index (χ2v) is 9.55. The van der Waals surface area contributed by atoms with Gasteiger partial charge >= 0.3 is 6.03 Å². The maximum atomic E-state index is 12.7. The molecule has 2 fully saturated rings. The minimum atomic E-state index is -0.140. The fourth-order valence-corrected chi connectivity index (χ4v) is 5.44. The van der Waals surface area contributed by atoms with E-state index in [9.17, 15) is 4.79 Å². The van der Waals surface area contributed by atoms with Crippen molar-refractivity contribution in [3.05, 3.63) is 64.7 Å². The summed E-state index contributed by atoms with van der Waals surface area (Å²) in [7, 11) is 0. The Kier molecular flexibility index (Phi) is 5.12. The van der Waals surface area contributed by atoms with Gasteiger partial charge < -0.3 is 10.2 Å². The SMILES string of the molecule is CC(c1ccc2scnc2c1)N1CCC2(CC1)CN(Cc1ccc(C#N)cc1)C(=O)N2. The number of nitriles is 1. The number of nitrogens with zero attached hydrogens (tertiary/aromatic N) is 4. The highest BCUT2D eigenvalue weighted by Gasteiger charge is 2.44. The molecule has 3 aromatic rings. The first-order valence-electron chi connectivity index (χ1n) is 10.7. The van der Waals surface area contributed by atoms with Gasteiger partial charge in [-0.3, -0.25) is 4.90 Å². The van der Waals surface area contributed by atoms with Crippen LogP contribution in [0.25, 0.3) is 10.2 Å². The van der Waals surface area contributed by atoms with E-state index < -0.39 is 0 Å². The first kappa shape index (κ1) is 20.0. The molecule has 0 saturated carbocycles. The van der Waals surface area contributed by atoms with Crippen molar-refractivity contribution in [1.29, 1.82) is 5.26 Å². The van der Waals surface area contributed by atoms with Crippen LogP contribution in [0.2, 0.25) is 0 Å². The maximum Gasteiger partial charge on any atom is 0.318 e. The van der Waals surface area contributed by atoms with Crippen LogP contribution in [0.5, 0.6) is 0 Å². The van der Waals surface area contributed by atoms with E-state index in [0.717, 1.165) is 43.6 Å². The van der Waals surface area contributed by atoms with Gasteiger partial charge in [-0.2, -0.15) is 5.26 Å². The fourth-order valence-electron chi connectivity index (χ4n) is 4.78. The van der Waals surface area contributed by atoms with Gasteiger partial charge in [0.1, 0.15) is 0 Å². The van der Waals surface area contributed by atoms with Crippen molar-refractivity contribution in [3.8, 4) is 6.07 Å². The Morgan fingerprint density at radius 3 is 2.74 bits per heavy atom. The van der Waals surface area contributed by atoms with Crippen molar-refractivity contribution in [2.45, 2.75) is 37.9 Å². The lowest BCUT2D eigenvalue weighted by atomic mass is 9.87. The molecule has 158 valence electrons. The van der Waals surface area contributed by atoms with E-state index in [1.54, 1.807) is 11.3 Å². The second-order valence-electron chi connectivity index (χ2n) is 8.67. The van der Waals surface area contributed by atoms with E-state index in [1.807, 2.05) is 34.7 Å². The molecule has 2 amide bonds. The van der Waals surface area contributed by atoms with E-state index in [4.69, 9.17) is 5.26 Å². The number of aromatic nitrogens is 1. The number of hydrogen-bond donors (Lipinski definition) is 1. The Bertz CT molecular complexity index is 1140. The average Bonchev–Trinajstić information content (AvgIpc) is 3.38. The van der Waals surface area contributed by atoms with E-state index in [1.165, 1.54) is 10.3 Å². The number of nitrogens with one attached hydrogen (secondary N) is 1. The summed E-state index contributed by atoms with van der Waals surface area (Å²) in [6.45, 7) is 5.49. The number of carbonyl (C=O) groups excluding carboxylic acids is 1. The Labute approximate surface area is 186 Å². The number of likely N-dealkylation sites (tertiary alicyclic amines) is 1. The summed E-state index contributed by atoms with van der Waals surface area (Å²) in [6, 6.07) is 16.5. The van der Waals surface area contributed by atoms with E-state index in [-0.39, 0.29) is 11.6 Å². The normalized spacial score (nSPS) is 19.5. The zero-order valence-corrected chi connectivity index (χ0v) is 18.4. The summed E-state index contributed by atoms with van der Waals surface area (Å²) in [6.07, 6.45) is 1.90. The van der Waals surface area contributed by atoms with Gasteiger partial charge in [0.15, 0.2) is 0 Å². The Balaban J connectivity index is 1.22. The highest BCUT2D eigenvalue weighted by atomic mass is 32.1. The third kappa shape index (κ3) is 3.89. The lowest BCUT2D eigenvalue weighted by Crippen LogP contribution is -2.52. The standard InChI is InChI=1S/C24H25N5OS/c1-17(20-6-7-22-21(12-20)26-16-31-22)28-10-8-24(9-11-28)15-29(23(30)27-24)14-19-4-2-18(13-25)3-5-19/h2-7,12,16-17H,8-11,14-15H2,1H3,(H,27,30). The zero-order chi connectivity index (χ0) is 21.4. The molecule has 2 aliphatic heterocycles. The average molecular weight is 432 g/mol. The predicted molar refractivity (Wildman–Crippen MR) is 122 cm³/mol. The van der Waals surface area contributed by atoms with Crippen LogP contribution in [0.4, 0.5) is 4.79 Å². The van der Waals surface area contributed by atoms with Gasteiger partial charge in [0.25, 0.3) is 0 Å². The van der Waals surface area contributed by atoms with Crippen molar-refractivity contribution in [2.75, 3.05) is 19.6 Å². The highest BCUT2D eigenvalue weighted by Crippen LogP contribution is 2.33. The van der Waals surface area contributed by atoms with Crippen molar-refractivity contribution in [1.82, 2.24) is 20.1 Å². The number of thiazole rings is 1. The number of hydrogen-bond acceptors (Lipinski definition) is 5. The molecule has 1 spiro atoms. The minimum Gasteiger partial charge on any atom is -0.331 e. The van der Waals surface area contributed by atoms with Gasteiger partial charge in [0.05, 0.1) is 32.9 Å². The fraction of sp³-hybridized carbons (Fsp3) is 0.375. The molecule has 2 aromatic carbocycles. The van der Waals surface area contributed by atoms with Gasteiger partial charge in [-0.25, -0.2) is 9.78 Å². The summed E-state index contributed by atoms with van der Waals surface area (Å²) in [5.41, 5.74) is 5.82. The first-order valence-corrected chi connectivity index (χ1v) is 11.6. The number of carbonyl (C=O) groups is 1. The molecule has 3 heterocycles. The van der Waals surface area contributed by atoms with E-state index >= 15 is 0 Å². The molecule has 1 aromatic heterocycles. The van der Waals surface area contributed by atoms with Crippen LogP contribution >= 0.6 is 11.3 Å². The van der Waals surface area contributed by atoms with Crippen LogP contribution in [0, 0.1) is 11.3 Å². The Morgan fingerprint density at radius 1 is 1.23 bits per heavy atom. The largest absolute Gasteiger partial charge is 0.331 e. The quantitative estimate of drug-likeness (QED) is 0.669. The molecule has 1 N–H and O–H groups in total. The summed E-state index contributed by atoms with van der Waals surface area (Å²) >= 11 is 1.67. The third-order valence-electron chi connectivity index (χ3n) is 6.75. The molecule has 31 heavy (non-hydrogen) atoms. The molecule has 2 saturated heterocycles. The molecule has 6 nitrogen and oxygen atoms in total. The number of amides is 2. The van der Waals surface area contributed by atoms with Crippen molar-refractivity contribution in [2.24, 2.45) is 0 Å². The highest BCUT2D eigenvalue weighted by molar-refractivity contribution is 7.16. The van der Waals surface area contributed by atoms with Crippen LogP contribution in [0.1, 0.15) is 42.5 Å². The molecular weight excluding hydrogens is 406 g/mol. The number of urea groups is 1. The van der Waals surface area contributed by atoms with Crippen molar-refractivity contribution in [3.63, 3.8) is 0 Å². The van der Waals surface area contributed by atoms with E-state index in [2.05, 4.69) is 46.4 Å². The number of piperidine rings is 1. The topological polar surface area (TPSA) is 72.3 Å². The smallest absolute Gasteiger partial charge is 0.318 e. The Morgan fingerprint density at radius 2 is 2.00 bits per heavy atom. The molecule has 2 aliphatic rings. The van der Waals surface area contributed by atoms with Crippen LogP contribution < -0.4 is 5.32 Å². The second kappa shape index (κ2) is 7.95. The molecule has 1 unspecified atom stereocenters.